The van der Waals surface area contributed by atoms with Crippen LogP contribution in [0.3, 0.4) is 0 Å². The molecule has 0 radical (unpaired) electrons. The van der Waals surface area contributed by atoms with Crippen molar-refractivity contribution in [3.8, 4) is 11.1 Å². The van der Waals surface area contributed by atoms with E-state index < -0.39 is 10.8 Å². The lowest BCUT2D eigenvalue weighted by molar-refractivity contribution is -0.384. The van der Waals surface area contributed by atoms with Gasteiger partial charge in [-0.2, -0.15) is 0 Å². The van der Waals surface area contributed by atoms with Crippen LogP contribution >= 0.6 is 11.6 Å². The second-order valence-corrected chi connectivity index (χ2v) is 6.97. The van der Waals surface area contributed by atoms with Gasteiger partial charge in [-0.25, -0.2) is 0 Å². The molecule has 3 rings (SSSR count). The monoisotopic (exact) mass is 408 g/mol. The van der Waals surface area contributed by atoms with Crippen molar-refractivity contribution in [2.45, 2.75) is 13.8 Å². The smallest absolute Gasteiger partial charge is 0.269 e. The van der Waals surface area contributed by atoms with Crippen LogP contribution in [0, 0.1) is 17.0 Å². The molecule has 7 heteroatoms. The predicted octanol–water partition coefficient (Wildman–Crippen LogP) is 5.68. The van der Waals surface area contributed by atoms with E-state index >= 15 is 0 Å². The minimum absolute atomic E-state index is 0.0994. The van der Waals surface area contributed by atoms with E-state index in [1.165, 1.54) is 31.2 Å². The van der Waals surface area contributed by atoms with Crippen LogP contribution in [0.15, 0.2) is 60.7 Å². The zero-order valence-electron chi connectivity index (χ0n) is 15.7. The first-order chi connectivity index (χ1) is 13.8. The quantitative estimate of drug-likeness (QED) is 0.334. The highest BCUT2D eigenvalue weighted by Crippen LogP contribution is 2.32. The lowest BCUT2D eigenvalue weighted by atomic mass is 9.96. The van der Waals surface area contributed by atoms with Crippen molar-refractivity contribution in [3.63, 3.8) is 0 Å². The Morgan fingerprint density at radius 3 is 2.17 bits per heavy atom. The van der Waals surface area contributed by atoms with E-state index in [0.29, 0.717) is 16.3 Å². The number of nitrogens with one attached hydrogen (secondary N) is 1. The Bertz CT molecular complexity index is 1110. The summed E-state index contributed by atoms with van der Waals surface area (Å²) in [5.41, 5.74) is 3.48. The molecule has 0 bridgehead atoms. The van der Waals surface area contributed by atoms with Gasteiger partial charge < -0.3 is 5.32 Å². The van der Waals surface area contributed by atoms with Gasteiger partial charge in [-0.3, -0.25) is 19.7 Å². The van der Waals surface area contributed by atoms with E-state index in [-0.39, 0.29) is 17.0 Å². The van der Waals surface area contributed by atoms with Gasteiger partial charge in [0.05, 0.1) is 4.92 Å². The molecule has 0 unspecified atom stereocenters. The van der Waals surface area contributed by atoms with Gasteiger partial charge in [-0.15, -0.1) is 0 Å². The number of aryl methyl sites for hydroxylation is 1. The zero-order valence-corrected chi connectivity index (χ0v) is 16.5. The lowest BCUT2D eigenvalue weighted by Gasteiger charge is -2.15. The number of Topliss-reactive ketones (excluding diaryl/α,β-unsaturated/α-hetero) is 1. The number of ketones is 1. The number of halogens is 1. The number of amides is 1. The van der Waals surface area contributed by atoms with Gasteiger partial charge in [0.15, 0.2) is 5.78 Å². The number of carbonyl (C=O) groups excluding carboxylic acids is 2. The molecular weight excluding hydrogens is 392 g/mol. The molecule has 0 saturated heterocycles. The Balaban J connectivity index is 2.02. The average Bonchev–Trinajstić information content (AvgIpc) is 2.69. The molecule has 0 atom stereocenters. The largest absolute Gasteiger partial charge is 0.321 e. The van der Waals surface area contributed by atoms with Crippen LogP contribution in [0.4, 0.5) is 11.4 Å². The van der Waals surface area contributed by atoms with Crippen molar-refractivity contribution < 1.29 is 14.5 Å². The van der Waals surface area contributed by atoms with E-state index in [0.717, 1.165) is 16.7 Å². The Morgan fingerprint density at radius 1 is 1.00 bits per heavy atom. The second-order valence-electron chi connectivity index (χ2n) is 6.53. The van der Waals surface area contributed by atoms with Crippen LogP contribution in [0.1, 0.15) is 33.2 Å². The molecule has 0 aliphatic heterocycles. The highest BCUT2D eigenvalue weighted by Gasteiger charge is 2.16. The predicted molar refractivity (Wildman–Crippen MR) is 113 cm³/mol. The molecule has 0 aliphatic carbocycles. The number of carbonyl (C=O) groups is 2. The first-order valence-electron chi connectivity index (χ1n) is 8.73. The Hall–Kier alpha value is -3.51. The van der Waals surface area contributed by atoms with Crippen molar-refractivity contribution in [3.05, 3.63) is 92.5 Å². The summed E-state index contributed by atoms with van der Waals surface area (Å²) in [4.78, 5) is 35.0. The van der Waals surface area contributed by atoms with Crippen molar-refractivity contribution in [1.82, 2.24) is 0 Å². The van der Waals surface area contributed by atoms with Crippen molar-refractivity contribution in [2.75, 3.05) is 5.32 Å². The maximum absolute atomic E-state index is 12.7. The molecule has 29 heavy (non-hydrogen) atoms. The van der Waals surface area contributed by atoms with Crippen LogP contribution in [-0.2, 0) is 0 Å². The van der Waals surface area contributed by atoms with Gasteiger partial charge >= 0.3 is 0 Å². The summed E-state index contributed by atoms with van der Waals surface area (Å²) < 4.78 is 0. The Kier molecular flexibility index (Phi) is 5.75. The number of rotatable bonds is 5. The molecular formula is C22H17ClN2O4. The van der Waals surface area contributed by atoms with Gasteiger partial charge in [0.1, 0.15) is 0 Å². The number of nitro groups is 1. The fourth-order valence-corrected chi connectivity index (χ4v) is 3.11. The maximum Gasteiger partial charge on any atom is 0.269 e. The normalized spacial score (nSPS) is 10.4. The molecule has 1 amide bonds. The third-order valence-corrected chi connectivity index (χ3v) is 4.74. The molecule has 0 saturated carbocycles. The molecule has 1 N–H and O–H groups in total. The SMILES string of the molecule is CC(=O)c1cc(NC(=O)c2ccc([N+](=O)[O-])cc2)c(-c2ccc(Cl)cc2)cc1C. The van der Waals surface area contributed by atoms with Gasteiger partial charge in [-0.05, 0) is 61.4 Å². The molecule has 146 valence electrons. The summed E-state index contributed by atoms with van der Waals surface area (Å²) >= 11 is 5.97. The summed E-state index contributed by atoms with van der Waals surface area (Å²) in [6, 6.07) is 15.9. The van der Waals surface area contributed by atoms with Gasteiger partial charge in [-0.1, -0.05) is 23.7 Å². The van der Waals surface area contributed by atoms with E-state index in [9.17, 15) is 19.7 Å². The van der Waals surface area contributed by atoms with Crippen molar-refractivity contribution >= 4 is 34.7 Å². The molecule has 0 spiro atoms. The molecule has 0 aliphatic rings. The Labute approximate surface area is 172 Å². The number of hydrogen-bond donors (Lipinski definition) is 1. The second kappa shape index (κ2) is 8.24. The van der Waals surface area contributed by atoms with Gasteiger partial charge in [0.25, 0.3) is 11.6 Å². The topological polar surface area (TPSA) is 89.3 Å². The fourth-order valence-electron chi connectivity index (χ4n) is 2.99. The summed E-state index contributed by atoms with van der Waals surface area (Å²) in [6.45, 7) is 3.30. The fraction of sp³-hybridized carbons (Fsp3) is 0.0909. The summed E-state index contributed by atoms with van der Waals surface area (Å²) in [7, 11) is 0. The number of nitrogens with zero attached hydrogens (tertiary/aromatic N) is 1. The minimum Gasteiger partial charge on any atom is -0.321 e. The lowest BCUT2D eigenvalue weighted by Crippen LogP contribution is -2.13. The molecule has 6 nitrogen and oxygen atoms in total. The van der Waals surface area contributed by atoms with Crippen LogP contribution in [0.25, 0.3) is 11.1 Å². The molecule has 3 aromatic carbocycles. The molecule has 0 heterocycles. The van der Waals surface area contributed by atoms with Crippen LogP contribution < -0.4 is 5.32 Å². The van der Waals surface area contributed by atoms with Crippen molar-refractivity contribution in [1.29, 1.82) is 0 Å². The van der Waals surface area contributed by atoms with Crippen LogP contribution in [0.2, 0.25) is 5.02 Å². The molecule has 0 aromatic heterocycles. The molecule has 3 aromatic rings. The standard InChI is InChI=1S/C22H17ClN2O4/c1-13-11-20(15-3-7-17(23)8-4-15)21(12-19(13)14(2)26)24-22(27)16-5-9-18(10-6-16)25(28)29/h3-12H,1-2H3,(H,24,27). The average molecular weight is 409 g/mol. The first-order valence-corrected chi connectivity index (χ1v) is 9.11. The van der Waals surface area contributed by atoms with E-state index in [2.05, 4.69) is 5.32 Å². The third-order valence-electron chi connectivity index (χ3n) is 4.49. The minimum atomic E-state index is -0.528. The summed E-state index contributed by atoms with van der Waals surface area (Å²) in [5.74, 6) is -0.551. The number of benzene rings is 3. The van der Waals surface area contributed by atoms with E-state index in [1.54, 1.807) is 18.2 Å². The van der Waals surface area contributed by atoms with Gasteiger partial charge in [0, 0.05) is 39.5 Å². The zero-order chi connectivity index (χ0) is 21.1. The highest BCUT2D eigenvalue weighted by molar-refractivity contribution is 6.30. The number of nitro benzene ring substituents is 1. The van der Waals surface area contributed by atoms with Crippen LogP contribution in [0.5, 0.6) is 0 Å². The van der Waals surface area contributed by atoms with Gasteiger partial charge in [0.2, 0.25) is 0 Å². The maximum atomic E-state index is 12.7. The molecule has 0 fully saturated rings. The van der Waals surface area contributed by atoms with Crippen molar-refractivity contribution in [2.24, 2.45) is 0 Å². The van der Waals surface area contributed by atoms with E-state index in [1.807, 2.05) is 25.1 Å². The van der Waals surface area contributed by atoms with Crippen LogP contribution in [-0.4, -0.2) is 16.6 Å². The van der Waals surface area contributed by atoms with E-state index in [4.69, 9.17) is 11.6 Å². The highest BCUT2D eigenvalue weighted by atomic mass is 35.5. The number of non-ortho nitro benzene ring substituents is 1. The Morgan fingerprint density at radius 2 is 1.62 bits per heavy atom. The third kappa shape index (κ3) is 4.50. The number of hydrogen-bond acceptors (Lipinski definition) is 4. The first kappa shape index (κ1) is 20.2. The summed E-state index contributed by atoms with van der Waals surface area (Å²) in [5, 5.41) is 14.2. The summed E-state index contributed by atoms with van der Waals surface area (Å²) in [6.07, 6.45) is 0. The number of anilines is 1.